The Labute approximate surface area is 189 Å². The lowest BCUT2D eigenvalue weighted by atomic mass is 9.95. The van der Waals surface area contributed by atoms with E-state index in [-0.39, 0.29) is 18.3 Å². The molecule has 166 valence electrons. The molecule has 1 aliphatic carbocycles. The number of amides is 2. The summed E-state index contributed by atoms with van der Waals surface area (Å²) in [5.41, 5.74) is 2.47. The van der Waals surface area contributed by atoms with Crippen molar-refractivity contribution in [2.75, 3.05) is 23.0 Å². The molecule has 0 bridgehead atoms. The molecule has 1 saturated carbocycles. The van der Waals surface area contributed by atoms with Crippen LogP contribution in [0.15, 0.2) is 4.34 Å². The normalized spacial score (nSPS) is 14.1. The van der Waals surface area contributed by atoms with Crippen LogP contribution in [0.1, 0.15) is 61.9 Å². The molecule has 2 amide bonds. The molecule has 0 aromatic carbocycles. The molecule has 1 aliphatic rings. The van der Waals surface area contributed by atoms with Gasteiger partial charge in [0.05, 0.1) is 17.9 Å². The van der Waals surface area contributed by atoms with Gasteiger partial charge in [0.25, 0.3) is 0 Å². The second-order valence-corrected chi connectivity index (χ2v) is 9.46. The fourth-order valence-electron chi connectivity index (χ4n) is 3.75. The van der Waals surface area contributed by atoms with Gasteiger partial charge in [0.15, 0.2) is 4.34 Å². The molecule has 2 heterocycles. The molecule has 2 aromatic heterocycles. The van der Waals surface area contributed by atoms with Gasteiger partial charge in [-0.25, -0.2) is 4.79 Å². The zero-order chi connectivity index (χ0) is 22.4. The van der Waals surface area contributed by atoms with Gasteiger partial charge in [0.2, 0.25) is 11.0 Å². The summed E-state index contributed by atoms with van der Waals surface area (Å²) >= 11 is 2.39. The molecule has 2 N–H and O–H groups in total. The van der Waals surface area contributed by atoms with E-state index in [2.05, 4.69) is 31.5 Å². The van der Waals surface area contributed by atoms with Crippen LogP contribution >= 0.6 is 23.1 Å². The van der Waals surface area contributed by atoms with Crippen molar-refractivity contribution in [1.82, 2.24) is 14.8 Å². The van der Waals surface area contributed by atoms with Crippen LogP contribution < -0.4 is 10.6 Å². The van der Waals surface area contributed by atoms with E-state index < -0.39 is 6.09 Å². The second kappa shape index (κ2) is 10.6. The van der Waals surface area contributed by atoms with E-state index in [1.165, 1.54) is 29.5 Å². The third-order valence-corrected chi connectivity index (χ3v) is 7.26. The minimum absolute atomic E-state index is 0.118. The molecule has 0 spiro atoms. The lowest BCUT2D eigenvalue weighted by Gasteiger charge is -2.27. The maximum Gasteiger partial charge on any atom is 0.413 e. The Hall–Kier alpha value is -2.58. The minimum Gasteiger partial charge on any atom is -0.450 e. The van der Waals surface area contributed by atoms with Crippen LogP contribution in [0.25, 0.3) is 0 Å². The van der Waals surface area contributed by atoms with Crippen molar-refractivity contribution in [3.8, 4) is 6.07 Å². The monoisotopic (exact) mass is 462 g/mol. The Morgan fingerprint density at radius 1 is 1.26 bits per heavy atom. The van der Waals surface area contributed by atoms with Gasteiger partial charge in [-0.05, 0) is 39.2 Å². The Bertz CT molecular complexity index is 988. The van der Waals surface area contributed by atoms with Gasteiger partial charge in [-0.15, -0.1) is 10.2 Å². The Morgan fingerprint density at radius 2 is 2.00 bits per heavy atom. The summed E-state index contributed by atoms with van der Waals surface area (Å²) < 4.78 is 7.50. The topological polar surface area (TPSA) is 122 Å². The predicted molar refractivity (Wildman–Crippen MR) is 121 cm³/mol. The number of hydrogen-bond acceptors (Lipinski definition) is 8. The molecule has 9 nitrogen and oxygen atoms in total. The second-order valence-electron chi connectivity index (χ2n) is 7.26. The van der Waals surface area contributed by atoms with Crippen molar-refractivity contribution < 1.29 is 14.3 Å². The summed E-state index contributed by atoms with van der Waals surface area (Å²) in [5, 5.41) is 23.3. The Morgan fingerprint density at radius 3 is 2.68 bits per heavy atom. The highest BCUT2D eigenvalue weighted by atomic mass is 32.2. The summed E-state index contributed by atoms with van der Waals surface area (Å²) in [4.78, 5) is 24.1. The number of carbonyl (C=O) groups excluding carboxylic acids is 2. The van der Waals surface area contributed by atoms with Crippen molar-refractivity contribution in [2.45, 2.75) is 63.3 Å². The van der Waals surface area contributed by atoms with Crippen LogP contribution in [0.4, 0.5) is 15.7 Å². The van der Waals surface area contributed by atoms with Crippen LogP contribution in [-0.2, 0) is 9.53 Å². The number of aromatic nitrogens is 3. The molecular formula is C20H26N6O3S2. The molecule has 1 fully saturated rings. The van der Waals surface area contributed by atoms with Gasteiger partial charge < -0.3 is 14.6 Å². The van der Waals surface area contributed by atoms with E-state index >= 15 is 0 Å². The van der Waals surface area contributed by atoms with Crippen molar-refractivity contribution in [3.63, 3.8) is 0 Å². The maximum atomic E-state index is 12.7. The molecule has 0 aliphatic heterocycles. The average molecular weight is 463 g/mol. The molecule has 3 rings (SSSR count). The van der Waals surface area contributed by atoms with Crippen LogP contribution in [0.2, 0.25) is 0 Å². The first-order valence-electron chi connectivity index (χ1n) is 10.3. The molecule has 0 radical (unpaired) electrons. The van der Waals surface area contributed by atoms with Gasteiger partial charge in [0, 0.05) is 11.7 Å². The maximum absolute atomic E-state index is 12.7. The lowest BCUT2D eigenvalue weighted by molar-refractivity contribution is -0.113. The molecule has 0 saturated heterocycles. The van der Waals surface area contributed by atoms with Crippen molar-refractivity contribution in [1.29, 1.82) is 5.26 Å². The first kappa shape index (κ1) is 23.1. The van der Waals surface area contributed by atoms with Crippen LogP contribution in [0.5, 0.6) is 0 Å². The smallest absolute Gasteiger partial charge is 0.413 e. The van der Waals surface area contributed by atoms with E-state index in [1.54, 1.807) is 6.92 Å². The number of anilines is 2. The molecular weight excluding hydrogens is 436 g/mol. The fraction of sp³-hybridized carbons (Fsp3) is 0.550. The Balaban J connectivity index is 1.67. The summed E-state index contributed by atoms with van der Waals surface area (Å²) in [7, 11) is 0. The van der Waals surface area contributed by atoms with Crippen molar-refractivity contribution in [3.05, 3.63) is 16.8 Å². The van der Waals surface area contributed by atoms with Gasteiger partial charge in [0.1, 0.15) is 11.9 Å². The highest BCUT2D eigenvalue weighted by molar-refractivity contribution is 8.01. The molecule has 0 unspecified atom stereocenters. The van der Waals surface area contributed by atoms with E-state index in [4.69, 9.17) is 4.74 Å². The summed E-state index contributed by atoms with van der Waals surface area (Å²) in [6.07, 6.45) is 5.06. The van der Waals surface area contributed by atoms with Crippen molar-refractivity contribution >= 4 is 46.0 Å². The molecule has 31 heavy (non-hydrogen) atoms. The number of thioether (sulfide) groups is 1. The van der Waals surface area contributed by atoms with Gasteiger partial charge in [-0.2, -0.15) is 5.26 Å². The SMILES string of the molecule is CCOC(=O)Nc1nnc(SCC(=O)Nc2c(C#N)c(C)c(C)n2C2CCCCC2)s1. The highest BCUT2D eigenvalue weighted by Crippen LogP contribution is 2.37. The summed E-state index contributed by atoms with van der Waals surface area (Å²) in [5.74, 6) is 0.496. The van der Waals surface area contributed by atoms with E-state index in [1.807, 2.05) is 13.8 Å². The molecule has 11 heteroatoms. The number of nitrogens with one attached hydrogen (secondary N) is 2. The van der Waals surface area contributed by atoms with Gasteiger partial charge in [-0.3, -0.25) is 10.1 Å². The van der Waals surface area contributed by atoms with Crippen LogP contribution in [0.3, 0.4) is 0 Å². The minimum atomic E-state index is -0.591. The summed E-state index contributed by atoms with van der Waals surface area (Å²) in [6, 6.07) is 2.56. The first-order valence-corrected chi connectivity index (χ1v) is 12.1. The lowest BCUT2D eigenvalue weighted by Crippen LogP contribution is -2.21. The van der Waals surface area contributed by atoms with E-state index in [9.17, 15) is 14.9 Å². The average Bonchev–Trinajstić information content (AvgIpc) is 3.29. The number of ether oxygens (including phenoxy) is 1. The number of nitriles is 1. The van der Waals surface area contributed by atoms with Crippen LogP contribution in [-0.4, -0.2) is 39.1 Å². The third-order valence-electron chi connectivity index (χ3n) is 5.28. The fourth-order valence-corrected chi connectivity index (χ4v) is 5.29. The predicted octanol–water partition coefficient (Wildman–Crippen LogP) is 4.63. The summed E-state index contributed by atoms with van der Waals surface area (Å²) in [6.45, 7) is 5.91. The third kappa shape index (κ3) is 5.57. The highest BCUT2D eigenvalue weighted by Gasteiger charge is 2.26. The molecule has 2 aromatic rings. The largest absolute Gasteiger partial charge is 0.450 e. The number of hydrogen-bond donors (Lipinski definition) is 2. The quantitative estimate of drug-likeness (QED) is 0.454. The zero-order valence-corrected chi connectivity index (χ0v) is 19.5. The van der Waals surface area contributed by atoms with E-state index in [0.29, 0.717) is 26.9 Å². The number of rotatable bonds is 7. The standard InChI is InChI=1S/C20H26N6O3S2/c1-4-29-19(28)23-18-24-25-20(31-18)30-11-16(27)22-17-15(10-21)12(2)13(3)26(17)14-8-6-5-7-9-14/h14H,4-9,11H2,1-3H3,(H,22,27)(H,23,24,28). The Kier molecular flexibility index (Phi) is 7.92. The van der Waals surface area contributed by atoms with E-state index in [0.717, 1.165) is 36.9 Å². The van der Waals surface area contributed by atoms with Gasteiger partial charge in [-0.1, -0.05) is 42.4 Å². The zero-order valence-electron chi connectivity index (χ0n) is 17.9. The first-order chi connectivity index (χ1) is 14.9. The number of carbonyl (C=O) groups is 2. The van der Waals surface area contributed by atoms with Crippen molar-refractivity contribution in [2.24, 2.45) is 0 Å². The molecule has 0 atom stereocenters. The number of nitrogens with zero attached hydrogens (tertiary/aromatic N) is 4. The van der Waals surface area contributed by atoms with Gasteiger partial charge >= 0.3 is 6.09 Å². The van der Waals surface area contributed by atoms with Crippen LogP contribution in [0, 0.1) is 25.2 Å².